The van der Waals surface area contributed by atoms with Crippen LogP contribution in [0.3, 0.4) is 0 Å². The lowest BCUT2D eigenvalue weighted by Gasteiger charge is -2.15. The van der Waals surface area contributed by atoms with E-state index >= 15 is 0 Å². The van der Waals surface area contributed by atoms with Crippen LogP contribution in [0.5, 0.6) is 0 Å². The summed E-state index contributed by atoms with van der Waals surface area (Å²) in [7, 11) is -13.9. The molecular formula is C18H12AlI3O9S3. The summed E-state index contributed by atoms with van der Waals surface area (Å²) < 4.78 is 93.2. The van der Waals surface area contributed by atoms with Gasteiger partial charge in [-0.25, -0.2) is 0 Å². The largest absolute Gasteiger partial charge is 0.952 e. The topological polar surface area (TPSA) is 130 Å². The van der Waals surface area contributed by atoms with Crippen molar-refractivity contribution >= 4 is 113 Å². The van der Waals surface area contributed by atoms with Gasteiger partial charge in [0.05, 0.1) is 0 Å². The third-order valence-electron chi connectivity index (χ3n) is 3.93. The Morgan fingerprint density at radius 3 is 0.941 bits per heavy atom. The fourth-order valence-corrected chi connectivity index (χ4v) is 12.7. The minimum Gasteiger partial charge on any atom is -0.338 e. The molecule has 180 valence electrons. The summed E-state index contributed by atoms with van der Waals surface area (Å²) in [6.07, 6.45) is 0. The molecule has 3 rings (SSSR count). The molecule has 0 saturated heterocycles. The smallest absolute Gasteiger partial charge is 0.338 e. The molecule has 0 radical (unpaired) electrons. The quantitative estimate of drug-likeness (QED) is 0.232. The van der Waals surface area contributed by atoms with Gasteiger partial charge in [0.25, 0.3) is 30.4 Å². The lowest BCUT2D eigenvalue weighted by atomic mass is 10.4. The minimum absolute atomic E-state index is 0.272. The van der Waals surface area contributed by atoms with Crippen LogP contribution in [0.25, 0.3) is 0 Å². The van der Waals surface area contributed by atoms with Crippen molar-refractivity contribution in [3.05, 3.63) is 83.5 Å². The molecule has 0 spiro atoms. The van der Waals surface area contributed by atoms with Crippen LogP contribution < -0.4 is 0 Å². The predicted molar refractivity (Wildman–Crippen MR) is 148 cm³/mol. The molecule has 0 aromatic heterocycles. The standard InChI is InChI=1S/3C6H5IO3S.Al/c3*7-5-3-1-2-4-6(5)11(8,9)10;/h3*1-4H,(H,8,9,10);/q;;;+3/p-3. The maximum absolute atomic E-state index is 12.9. The monoisotopic (exact) mass is 876 g/mol. The molecule has 34 heavy (non-hydrogen) atoms. The van der Waals surface area contributed by atoms with Crippen molar-refractivity contribution in [2.75, 3.05) is 0 Å². The van der Waals surface area contributed by atoms with Crippen LogP contribution in [0.15, 0.2) is 87.5 Å². The summed E-state index contributed by atoms with van der Waals surface area (Å²) in [5.41, 5.74) is 0. The van der Waals surface area contributed by atoms with Gasteiger partial charge in [-0.3, -0.25) is 0 Å². The lowest BCUT2D eigenvalue weighted by Crippen LogP contribution is -2.35. The first-order chi connectivity index (χ1) is 15.8. The first-order valence-electron chi connectivity index (χ1n) is 8.87. The van der Waals surface area contributed by atoms with Gasteiger partial charge in [0.1, 0.15) is 14.7 Å². The average molecular weight is 876 g/mol. The van der Waals surface area contributed by atoms with E-state index in [0.29, 0.717) is 0 Å². The summed E-state index contributed by atoms with van der Waals surface area (Å²) >= 11 is 0.803. The Morgan fingerprint density at radius 1 is 0.471 bits per heavy atom. The molecule has 3 aromatic carbocycles. The summed E-state index contributed by atoms with van der Waals surface area (Å²) in [6.45, 7) is 0. The van der Waals surface area contributed by atoms with Crippen molar-refractivity contribution in [3.63, 3.8) is 0 Å². The highest BCUT2D eigenvalue weighted by molar-refractivity contribution is 14.1. The van der Waals surface area contributed by atoms with Crippen molar-refractivity contribution in [2.45, 2.75) is 14.7 Å². The van der Waals surface area contributed by atoms with Gasteiger partial charge in [-0.1, -0.05) is 36.4 Å². The van der Waals surface area contributed by atoms with Gasteiger partial charge in [-0.05, 0) is 104 Å². The molecule has 0 fully saturated rings. The number of hydrogen-bond acceptors (Lipinski definition) is 9. The van der Waals surface area contributed by atoms with E-state index in [1.54, 1.807) is 86.0 Å². The maximum atomic E-state index is 12.9. The minimum atomic E-state index is -4.65. The highest BCUT2D eigenvalue weighted by Gasteiger charge is 2.48. The van der Waals surface area contributed by atoms with Gasteiger partial charge >= 0.3 is 15.1 Å². The fourth-order valence-electron chi connectivity index (χ4n) is 2.46. The molecule has 0 atom stereocenters. The molecule has 0 amide bonds. The van der Waals surface area contributed by atoms with Gasteiger partial charge in [-0.15, -0.1) is 0 Å². The summed E-state index contributed by atoms with van der Waals surface area (Å²) in [5, 5.41) is 0. The second-order valence-electron chi connectivity index (χ2n) is 6.23. The van der Waals surface area contributed by atoms with E-state index in [2.05, 4.69) is 0 Å². The van der Waals surface area contributed by atoms with Gasteiger partial charge in [0.2, 0.25) is 0 Å². The van der Waals surface area contributed by atoms with E-state index in [9.17, 15) is 25.3 Å². The van der Waals surface area contributed by atoms with Crippen LogP contribution in [0.1, 0.15) is 0 Å². The van der Waals surface area contributed by atoms with E-state index in [-0.39, 0.29) is 25.4 Å². The van der Waals surface area contributed by atoms with Crippen molar-refractivity contribution in [1.82, 2.24) is 0 Å². The molecular weight excluding hydrogens is 864 g/mol. The second kappa shape index (κ2) is 11.7. The first kappa shape index (κ1) is 28.7. The SMILES string of the molecule is O=S(=O)([O][Al]([O]S(=O)(=O)c1ccccc1I)[O]S(=O)(=O)c1ccccc1I)c1ccccc1I. The summed E-state index contributed by atoms with van der Waals surface area (Å²) in [6, 6.07) is 17.2. The third kappa shape index (κ3) is 7.11. The molecule has 0 heterocycles. The number of benzene rings is 3. The molecule has 16 heteroatoms. The number of rotatable bonds is 9. The van der Waals surface area contributed by atoms with Crippen LogP contribution in [-0.2, 0) is 40.1 Å². The second-order valence-corrected chi connectivity index (χ2v) is 16.6. The molecule has 3 aromatic rings. The van der Waals surface area contributed by atoms with E-state index in [1.807, 2.05) is 0 Å². The zero-order chi connectivity index (χ0) is 25.1. The molecule has 0 aliphatic heterocycles. The van der Waals surface area contributed by atoms with E-state index < -0.39 is 45.5 Å². The molecule has 9 nitrogen and oxygen atoms in total. The predicted octanol–water partition coefficient (Wildman–Crippen LogP) is 4.00. The Kier molecular flexibility index (Phi) is 9.84. The fraction of sp³-hybridized carbons (Fsp3) is 0. The zero-order valence-electron chi connectivity index (χ0n) is 16.5. The van der Waals surface area contributed by atoms with E-state index in [0.717, 1.165) is 0 Å². The first-order valence-corrected chi connectivity index (χ1v) is 17.7. The van der Waals surface area contributed by atoms with Gasteiger partial charge in [0.15, 0.2) is 0 Å². The summed E-state index contributed by atoms with van der Waals surface area (Å²) in [4.78, 5) is -0.879. The highest BCUT2D eigenvalue weighted by Crippen LogP contribution is 2.26. The Labute approximate surface area is 243 Å². The zero-order valence-corrected chi connectivity index (χ0v) is 26.6. The molecule has 0 bridgehead atoms. The van der Waals surface area contributed by atoms with E-state index in [4.69, 9.17) is 9.70 Å². The Balaban J connectivity index is 2.04. The molecule has 0 aliphatic carbocycles. The molecule has 0 N–H and O–H groups in total. The average Bonchev–Trinajstić information content (AvgIpc) is 2.73. The van der Waals surface area contributed by atoms with Gasteiger partial charge in [0, 0.05) is 10.7 Å². The Hall–Kier alpha value is 0.112. The van der Waals surface area contributed by atoms with Crippen molar-refractivity contribution in [1.29, 1.82) is 0 Å². The van der Waals surface area contributed by atoms with Crippen LogP contribution in [0, 0.1) is 10.7 Å². The van der Waals surface area contributed by atoms with E-state index in [1.165, 1.54) is 54.6 Å². The maximum Gasteiger partial charge on any atom is 0.952 e. The van der Waals surface area contributed by atoms with Crippen molar-refractivity contribution in [3.8, 4) is 0 Å². The Bertz CT molecular complexity index is 1340. The number of halogens is 3. The van der Waals surface area contributed by atoms with Crippen molar-refractivity contribution in [2.24, 2.45) is 0 Å². The molecule has 0 saturated carbocycles. The van der Waals surface area contributed by atoms with Crippen LogP contribution in [0.2, 0.25) is 0 Å². The van der Waals surface area contributed by atoms with Crippen LogP contribution >= 0.6 is 67.8 Å². The molecule has 0 unspecified atom stereocenters. The third-order valence-corrected chi connectivity index (χ3v) is 15.5. The highest BCUT2D eigenvalue weighted by atomic mass is 127. The van der Waals surface area contributed by atoms with Crippen LogP contribution in [-0.4, -0.2) is 40.4 Å². The lowest BCUT2D eigenvalue weighted by molar-refractivity contribution is 0.311. The van der Waals surface area contributed by atoms with Crippen molar-refractivity contribution < 1.29 is 35.0 Å². The van der Waals surface area contributed by atoms with Gasteiger partial charge in [-0.2, -0.15) is 25.3 Å². The normalized spacial score (nSPS) is 12.4. The van der Waals surface area contributed by atoms with Gasteiger partial charge < -0.3 is 9.70 Å². The number of hydrogen-bond donors (Lipinski definition) is 0. The Morgan fingerprint density at radius 2 is 0.706 bits per heavy atom. The molecule has 0 aliphatic rings. The summed E-state index contributed by atoms with van der Waals surface area (Å²) in [5.74, 6) is 0. The van der Waals surface area contributed by atoms with Crippen LogP contribution in [0.4, 0.5) is 0 Å².